The van der Waals surface area contributed by atoms with Gasteiger partial charge in [-0.3, -0.25) is 4.99 Å². The molecular formula is C41H30N4. The van der Waals surface area contributed by atoms with Crippen LogP contribution in [0.15, 0.2) is 151 Å². The highest BCUT2D eigenvalue weighted by molar-refractivity contribution is 6.12. The Morgan fingerprint density at radius 2 is 1.13 bits per heavy atom. The number of pyridine rings is 1. The molecule has 8 aromatic rings. The van der Waals surface area contributed by atoms with E-state index < -0.39 is 0 Å². The van der Waals surface area contributed by atoms with E-state index in [9.17, 15) is 0 Å². The van der Waals surface area contributed by atoms with E-state index in [2.05, 4.69) is 149 Å². The van der Waals surface area contributed by atoms with Gasteiger partial charge in [-0.1, -0.05) is 104 Å². The van der Waals surface area contributed by atoms with E-state index in [4.69, 9.17) is 9.98 Å². The van der Waals surface area contributed by atoms with Gasteiger partial charge in [-0.05, 0) is 77.7 Å². The molecular weight excluding hydrogens is 548 g/mol. The number of hydrogen-bond acceptors (Lipinski definition) is 2. The zero-order valence-electron chi connectivity index (χ0n) is 24.9. The Hall–Kier alpha value is -6.00. The Kier molecular flexibility index (Phi) is 6.46. The van der Waals surface area contributed by atoms with Crippen molar-refractivity contribution in [3.8, 4) is 33.6 Å². The standard InChI is InChI=1S/C41H30N4/c1-3-35-40(42-4-2)41-38(44(35)32-20-12-7-13-21-32)27-37-39(43-41)34-22-14-15-23-36(34)45(37)33-25-30(28-16-8-5-9-17-28)24-31(26-33)29-18-10-6-11-19-29/h3-27H,1H2,2H3. The Bertz CT molecular complexity index is 2320. The Labute approximate surface area is 261 Å². The van der Waals surface area contributed by atoms with Crippen molar-refractivity contribution in [2.45, 2.75) is 6.92 Å². The number of rotatable bonds is 6. The number of hydrogen-bond donors (Lipinski definition) is 0. The van der Waals surface area contributed by atoms with Crippen LogP contribution in [0.2, 0.25) is 0 Å². The molecule has 45 heavy (non-hydrogen) atoms. The van der Waals surface area contributed by atoms with Gasteiger partial charge in [-0.15, -0.1) is 0 Å². The SMILES string of the molecule is C=Cc1c(N=CC)c2nc3c4ccccc4n(-c4cc(-c5ccccc5)cc(-c5ccccc5)c4)c3cc2n1-c1ccccc1. The highest BCUT2D eigenvalue weighted by Gasteiger charge is 2.22. The van der Waals surface area contributed by atoms with Gasteiger partial charge in [0.2, 0.25) is 0 Å². The normalized spacial score (nSPS) is 11.7. The van der Waals surface area contributed by atoms with Crippen LogP contribution in [0.1, 0.15) is 12.6 Å². The molecule has 0 fully saturated rings. The molecule has 4 heteroatoms. The molecule has 3 heterocycles. The Morgan fingerprint density at radius 1 is 0.556 bits per heavy atom. The summed E-state index contributed by atoms with van der Waals surface area (Å²) in [5.74, 6) is 0. The molecule has 0 spiro atoms. The molecule has 0 saturated carbocycles. The van der Waals surface area contributed by atoms with Crippen LogP contribution < -0.4 is 0 Å². The van der Waals surface area contributed by atoms with Gasteiger partial charge in [-0.2, -0.15) is 0 Å². The van der Waals surface area contributed by atoms with Gasteiger partial charge in [0.15, 0.2) is 0 Å². The lowest BCUT2D eigenvalue weighted by Crippen LogP contribution is -1.98. The highest BCUT2D eigenvalue weighted by atomic mass is 15.1. The van der Waals surface area contributed by atoms with Gasteiger partial charge in [-0.25, -0.2) is 4.98 Å². The van der Waals surface area contributed by atoms with Gasteiger partial charge in [0, 0.05) is 23.0 Å². The molecule has 0 N–H and O–H groups in total. The second kappa shape index (κ2) is 10.9. The second-order valence-electron chi connectivity index (χ2n) is 11.1. The second-order valence-corrected chi connectivity index (χ2v) is 11.1. The third-order valence-electron chi connectivity index (χ3n) is 8.43. The summed E-state index contributed by atoms with van der Waals surface area (Å²) in [5.41, 5.74) is 13.4. The van der Waals surface area contributed by atoms with Crippen LogP contribution in [0.3, 0.4) is 0 Å². The number of fused-ring (bicyclic) bond motifs is 4. The molecule has 0 atom stereocenters. The van der Waals surface area contributed by atoms with Crippen LogP contribution in [-0.2, 0) is 0 Å². The first-order valence-electron chi connectivity index (χ1n) is 15.2. The van der Waals surface area contributed by atoms with Gasteiger partial charge >= 0.3 is 0 Å². The molecule has 4 nitrogen and oxygen atoms in total. The van der Waals surface area contributed by atoms with Gasteiger partial charge in [0.1, 0.15) is 11.2 Å². The molecule has 0 saturated heterocycles. The fourth-order valence-electron chi connectivity index (χ4n) is 6.47. The predicted molar refractivity (Wildman–Crippen MR) is 190 cm³/mol. The molecule has 3 aromatic heterocycles. The molecule has 0 aliphatic rings. The lowest BCUT2D eigenvalue weighted by molar-refractivity contribution is 1.10. The lowest BCUT2D eigenvalue weighted by atomic mass is 9.98. The van der Waals surface area contributed by atoms with E-state index >= 15 is 0 Å². The zero-order chi connectivity index (χ0) is 30.3. The third-order valence-corrected chi connectivity index (χ3v) is 8.43. The zero-order valence-corrected chi connectivity index (χ0v) is 24.9. The van der Waals surface area contributed by atoms with E-state index in [1.54, 1.807) is 0 Å². The summed E-state index contributed by atoms with van der Waals surface area (Å²) in [6.45, 7) is 6.11. The smallest absolute Gasteiger partial charge is 0.116 e. The van der Waals surface area contributed by atoms with Crippen LogP contribution in [-0.4, -0.2) is 20.3 Å². The molecule has 8 rings (SSSR count). The number of para-hydroxylation sites is 2. The summed E-state index contributed by atoms with van der Waals surface area (Å²) in [6.07, 6.45) is 3.70. The minimum Gasteiger partial charge on any atom is -0.307 e. The quantitative estimate of drug-likeness (QED) is 0.181. The fourth-order valence-corrected chi connectivity index (χ4v) is 6.47. The maximum absolute atomic E-state index is 5.38. The summed E-state index contributed by atoms with van der Waals surface area (Å²) in [6, 6.07) is 49.2. The van der Waals surface area contributed by atoms with Gasteiger partial charge < -0.3 is 9.13 Å². The molecule has 0 aliphatic heterocycles. The lowest BCUT2D eigenvalue weighted by Gasteiger charge is -2.14. The molecule has 0 radical (unpaired) electrons. The first-order chi connectivity index (χ1) is 22.2. The summed E-state index contributed by atoms with van der Waals surface area (Å²) in [7, 11) is 0. The van der Waals surface area contributed by atoms with Crippen LogP contribution in [0.4, 0.5) is 5.69 Å². The average Bonchev–Trinajstić information content (AvgIpc) is 3.60. The van der Waals surface area contributed by atoms with Crippen LogP contribution in [0.5, 0.6) is 0 Å². The van der Waals surface area contributed by atoms with Crippen LogP contribution in [0, 0.1) is 0 Å². The summed E-state index contributed by atoms with van der Waals surface area (Å²) >= 11 is 0. The Morgan fingerprint density at radius 3 is 1.76 bits per heavy atom. The minimum absolute atomic E-state index is 0.822. The van der Waals surface area contributed by atoms with Crippen molar-refractivity contribution in [2.75, 3.05) is 0 Å². The molecule has 214 valence electrons. The minimum atomic E-state index is 0.822. The molecule has 0 amide bonds. The van der Waals surface area contributed by atoms with E-state index in [0.29, 0.717) is 0 Å². The van der Waals surface area contributed by atoms with E-state index in [-0.39, 0.29) is 0 Å². The summed E-state index contributed by atoms with van der Waals surface area (Å²) in [5, 5.41) is 1.10. The maximum Gasteiger partial charge on any atom is 0.116 e. The molecule has 0 bridgehead atoms. The van der Waals surface area contributed by atoms with Crippen LogP contribution >= 0.6 is 0 Å². The van der Waals surface area contributed by atoms with Crippen molar-refractivity contribution in [1.29, 1.82) is 0 Å². The Balaban J connectivity index is 1.50. The average molecular weight is 579 g/mol. The van der Waals surface area contributed by atoms with Crippen molar-refractivity contribution in [1.82, 2.24) is 14.1 Å². The van der Waals surface area contributed by atoms with E-state index in [0.717, 1.165) is 66.9 Å². The topological polar surface area (TPSA) is 35.1 Å². The number of aliphatic imine (C=N–C) groups is 1. The first-order valence-corrected chi connectivity index (χ1v) is 15.2. The molecule has 0 unspecified atom stereocenters. The van der Waals surface area contributed by atoms with E-state index in [1.165, 1.54) is 11.1 Å². The molecule has 0 aliphatic carbocycles. The summed E-state index contributed by atoms with van der Waals surface area (Å²) < 4.78 is 4.57. The highest BCUT2D eigenvalue weighted by Crippen LogP contribution is 2.41. The maximum atomic E-state index is 5.38. The fraction of sp³-hybridized carbons (Fsp3) is 0.0244. The predicted octanol–water partition coefficient (Wildman–Crippen LogP) is 10.8. The van der Waals surface area contributed by atoms with Crippen molar-refractivity contribution in [2.24, 2.45) is 4.99 Å². The van der Waals surface area contributed by atoms with Crippen molar-refractivity contribution in [3.63, 3.8) is 0 Å². The third kappa shape index (κ3) is 4.38. The van der Waals surface area contributed by atoms with Gasteiger partial charge in [0.05, 0.1) is 27.8 Å². The number of nitrogens with zero attached hydrogens (tertiary/aromatic N) is 4. The summed E-state index contributed by atoms with van der Waals surface area (Å²) in [4.78, 5) is 10.2. The van der Waals surface area contributed by atoms with Gasteiger partial charge in [0.25, 0.3) is 0 Å². The van der Waals surface area contributed by atoms with Crippen molar-refractivity contribution >= 4 is 50.9 Å². The van der Waals surface area contributed by atoms with Crippen molar-refractivity contribution < 1.29 is 0 Å². The molecule has 5 aromatic carbocycles. The number of benzene rings is 5. The van der Waals surface area contributed by atoms with Crippen molar-refractivity contribution in [3.05, 3.63) is 152 Å². The van der Waals surface area contributed by atoms with E-state index in [1.807, 2.05) is 25.3 Å². The van der Waals surface area contributed by atoms with Crippen LogP contribution in [0.25, 0.3) is 72.7 Å². The largest absolute Gasteiger partial charge is 0.307 e. The number of aromatic nitrogens is 3. The monoisotopic (exact) mass is 578 g/mol. The first kappa shape index (κ1) is 26.6.